The van der Waals surface area contributed by atoms with Gasteiger partial charge in [-0.2, -0.15) is 13.2 Å². The molecular formula is C12H16F3NO2. The molecule has 1 rings (SSSR count). The van der Waals surface area contributed by atoms with Crippen LogP contribution in [-0.2, 0) is 11.2 Å². The maximum absolute atomic E-state index is 11.8. The van der Waals surface area contributed by atoms with Crippen molar-refractivity contribution in [1.82, 2.24) is 0 Å². The van der Waals surface area contributed by atoms with Crippen LogP contribution in [0.1, 0.15) is 11.1 Å². The number of hydrogen-bond acceptors (Lipinski definition) is 3. The van der Waals surface area contributed by atoms with Crippen LogP contribution in [0.2, 0.25) is 0 Å². The van der Waals surface area contributed by atoms with Crippen LogP contribution in [0.15, 0.2) is 18.2 Å². The Labute approximate surface area is 104 Å². The summed E-state index contributed by atoms with van der Waals surface area (Å²) >= 11 is 0. The predicted molar refractivity (Wildman–Crippen MR) is 61.4 cm³/mol. The number of halogens is 3. The van der Waals surface area contributed by atoms with Gasteiger partial charge in [0.15, 0.2) is 6.79 Å². The first-order valence-corrected chi connectivity index (χ1v) is 5.49. The van der Waals surface area contributed by atoms with Gasteiger partial charge in [-0.15, -0.1) is 0 Å². The van der Waals surface area contributed by atoms with Crippen LogP contribution in [0.5, 0.6) is 5.75 Å². The van der Waals surface area contributed by atoms with E-state index in [1.54, 1.807) is 6.07 Å². The molecule has 0 aromatic heterocycles. The molecule has 2 N–H and O–H groups in total. The largest absolute Gasteiger partial charge is 0.467 e. The van der Waals surface area contributed by atoms with Crippen LogP contribution in [-0.4, -0.2) is 26.1 Å². The number of alkyl halides is 3. The normalized spacial score (nSPS) is 11.6. The van der Waals surface area contributed by atoms with Crippen molar-refractivity contribution >= 4 is 0 Å². The summed E-state index contributed by atoms with van der Waals surface area (Å²) < 4.78 is 45.1. The van der Waals surface area contributed by atoms with Crippen molar-refractivity contribution in [3.63, 3.8) is 0 Å². The summed E-state index contributed by atoms with van der Waals surface area (Å²) in [6.07, 6.45) is -3.73. The summed E-state index contributed by atoms with van der Waals surface area (Å²) in [7, 11) is 0. The molecule has 0 atom stereocenters. The third kappa shape index (κ3) is 5.37. The average molecular weight is 263 g/mol. The molecule has 0 bridgehead atoms. The monoisotopic (exact) mass is 263 g/mol. The van der Waals surface area contributed by atoms with E-state index in [9.17, 15) is 13.2 Å². The Hall–Kier alpha value is -1.27. The summed E-state index contributed by atoms with van der Waals surface area (Å²) in [5, 5.41) is 0. The second-order valence-electron chi connectivity index (χ2n) is 3.88. The van der Waals surface area contributed by atoms with Gasteiger partial charge in [0.05, 0.1) is 0 Å². The highest BCUT2D eigenvalue weighted by Gasteiger charge is 2.27. The number of aryl methyl sites for hydroxylation is 1. The lowest BCUT2D eigenvalue weighted by molar-refractivity contribution is -0.186. The van der Waals surface area contributed by atoms with Crippen LogP contribution in [0.4, 0.5) is 13.2 Å². The highest BCUT2D eigenvalue weighted by atomic mass is 19.4. The van der Waals surface area contributed by atoms with Crippen LogP contribution in [0, 0.1) is 6.92 Å². The fourth-order valence-electron chi connectivity index (χ4n) is 1.46. The Morgan fingerprint density at radius 1 is 1.28 bits per heavy atom. The summed E-state index contributed by atoms with van der Waals surface area (Å²) in [6.45, 7) is 0.623. The zero-order valence-electron chi connectivity index (χ0n) is 10.1. The first-order chi connectivity index (χ1) is 8.42. The number of ether oxygens (including phenoxy) is 2. The molecule has 0 saturated carbocycles. The zero-order chi connectivity index (χ0) is 13.6. The van der Waals surface area contributed by atoms with Crippen LogP contribution in [0.3, 0.4) is 0 Å². The maximum atomic E-state index is 11.8. The lowest BCUT2D eigenvalue weighted by atomic mass is 10.1. The average Bonchev–Trinajstić information content (AvgIpc) is 2.26. The molecule has 0 saturated heterocycles. The minimum atomic E-state index is -4.34. The van der Waals surface area contributed by atoms with E-state index in [0.29, 0.717) is 18.7 Å². The van der Waals surface area contributed by atoms with Crippen molar-refractivity contribution in [2.75, 3.05) is 19.9 Å². The Bertz CT molecular complexity index is 380. The molecule has 1 aromatic carbocycles. The molecule has 0 radical (unpaired) electrons. The summed E-state index contributed by atoms with van der Waals surface area (Å²) in [6, 6.07) is 5.42. The number of rotatable bonds is 6. The smallest absolute Gasteiger partial charge is 0.411 e. The number of benzene rings is 1. The van der Waals surface area contributed by atoms with E-state index in [0.717, 1.165) is 11.1 Å². The zero-order valence-corrected chi connectivity index (χ0v) is 10.1. The summed E-state index contributed by atoms with van der Waals surface area (Å²) in [5.74, 6) is 0.508. The topological polar surface area (TPSA) is 44.5 Å². The van der Waals surface area contributed by atoms with Gasteiger partial charge in [-0.05, 0) is 31.5 Å². The van der Waals surface area contributed by atoms with Crippen LogP contribution >= 0.6 is 0 Å². The van der Waals surface area contributed by atoms with Gasteiger partial charge in [0.1, 0.15) is 12.4 Å². The molecule has 6 heteroatoms. The molecule has 0 aliphatic carbocycles. The van der Waals surface area contributed by atoms with Crippen molar-refractivity contribution in [3.8, 4) is 5.75 Å². The lowest BCUT2D eigenvalue weighted by Crippen LogP contribution is -2.19. The molecule has 1 aromatic rings. The molecule has 0 fully saturated rings. The fourth-order valence-corrected chi connectivity index (χ4v) is 1.46. The van der Waals surface area contributed by atoms with Crippen LogP contribution < -0.4 is 10.5 Å². The van der Waals surface area contributed by atoms with Gasteiger partial charge in [-0.25, -0.2) is 0 Å². The molecule has 3 nitrogen and oxygen atoms in total. The van der Waals surface area contributed by atoms with Crippen LogP contribution in [0.25, 0.3) is 0 Å². The van der Waals surface area contributed by atoms with Gasteiger partial charge in [0.25, 0.3) is 0 Å². The molecule has 18 heavy (non-hydrogen) atoms. The van der Waals surface area contributed by atoms with Gasteiger partial charge in [-0.1, -0.05) is 17.7 Å². The van der Waals surface area contributed by atoms with E-state index >= 15 is 0 Å². The second-order valence-corrected chi connectivity index (χ2v) is 3.88. The molecule has 0 unspecified atom stereocenters. The van der Waals surface area contributed by atoms with Crippen molar-refractivity contribution < 1.29 is 22.6 Å². The van der Waals surface area contributed by atoms with E-state index < -0.39 is 19.6 Å². The minimum absolute atomic E-state index is 0.430. The van der Waals surface area contributed by atoms with E-state index in [2.05, 4.69) is 4.74 Å². The minimum Gasteiger partial charge on any atom is -0.467 e. The van der Waals surface area contributed by atoms with Gasteiger partial charge in [0, 0.05) is 0 Å². The number of nitrogens with two attached hydrogens (primary N) is 1. The first kappa shape index (κ1) is 14.8. The highest BCUT2D eigenvalue weighted by molar-refractivity contribution is 5.37. The molecule has 102 valence electrons. The first-order valence-electron chi connectivity index (χ1n) is 5.49. The van der Waals surface area contributed by atoms with Gasteiger partial charge < -0.3 is 15.2 Å². The van der Waals surface area contributed by atoms with Crippen molar-refractivity contribution in [3.05, 3.63) is 29.3 Å². The third-order valence-electron chi connectivity index (χ3n) is 2.19. The molecule has 0 aliphatic heterocycles. The SMILES string of the molecule is Cc1ccc(OCOCC(F)(F)F)c(CCN)c1. The van der Waals surface area contributed by atoms with E-state index in [-0.39, 0.29) is 0 Å². The van der Waals surface area contributed by atoms with Gasteiger partial charge >= 0.3 is 6.18 Å². The second kappa shape index (κ2) is 6.61. The molecule has 0 aliphatic rings. The highest BCUT2D eigenvalue weighted by Crippen LogP contribution is 2.21. The Morgan fingerprint density at radius 2 is 2.00 bits per heavy atom. The molecule has 0 spiro atoms. The molecule has 0 amide bonds. The quantitative estimate of drug-likeness (QED) is 0.633. The van der Waals surface area contributed by atoms with E-state index in [1.165, 1.54) is 0 Å². The maximum Gasteiger partial charge on any atom is 0.411 e. The van der Waals surface area contributed by atoms with Crippen molar-refractivity contribution in [1.29, 1.82) is 0 Å². The summed E-state index contributed by atoms with van der Waals surface area (Å²) in [5.41, 5.74) is 7.37. The fraction of sp³-hybridized carbons (Fsp3) is 0.500. The summed E-state index contributed by atoms with van der Waals surface area (Å²) in [4.78, 5) is 0. The third-order valence-corrected chi connectivity index (χ3v) is 2.19. The Morgan fingerprint density at radius 3 is 2.61 bits per heavy atom. The van der Waals surface area contributed by atoms with E-state index in [4.69, 9.17) is 10.5 Å². The lowest BCUT2D eigenvalue weighted by Gasteiger charge is -2.13. The molecular weight excluding hydrogens is 247 g/mol. The van der Waals surface area contributed by atoms with E-state index in [1.807, 2.05) is 19.1 Å². The molecule has 0 heterocycles. The van der Waals surface area contributed by atoms with Gasteiger partial charge in [0.2, 0.25) is 0 Å². The Kier molecular flexibility index (Phi) is 5.43. The Balaban J connectivity index is 2.51. The number of hydrogen-bond donors (Lipinski definition) is 1. The standard InChI is InChI=1S/C12H16F3NO2/c1-9-2-3-11(10(6-9)4-5-16)18-8-17-7-12(13,14)15/h2-3,6H,4-5,7-8,16H2,1H3. The van der Waals surface area contributed by atoms with Crippen molar-refractivity contribution in [2.24, 2.45) is 5.73 Å². The van der Waals surface area contributed by atoms with Gasteiger partial charge in [-0.3, -0.25) is 0 Å². The van der Waals surface area contributed by atoms with Crippen molar-refractivity contribution in [2.45, 2.75) is 19.5 Å². The predicted octanol–water partition coefficient (Wildman–Crippen LogP) is 2.41.